The molecule has 0 atom stereocenters. The van der Waals surface area contributed by atoms with Crippen LogP contribution in [-0.4, -0.2) is 42.7 Å². The number of ether oxygens (including phenoxy) is 2. The number of nitriles is 1. The van der Waals surface area contributed by atoms with Crippen molar-refractivity contribution in [2.75, 3.05) is 26.6 Å². The molecule has 0 N–H and O–H groups in total. The van der Waals surface area contributed by atoms with Gasteiger partial charge in [0.15, 0.2) is 0 Å². The number of hydrogen-bond acceptors (Lipinski definition) is 9. The van der Waals surface area contributed by atoms with E-state index in [1.165, 1.54) is 10.9 Å². The van der Waals surface area contributed by atoms with Gasteiger partial charge in [-0.05, 0) is 53.4 Å². The molecule has 0 aliphatic heterocycles. The predicted octanol–water partition coefficient (Wildman–Crippen LogP) is 3.71. The topological polar surface area (TPSA) is 120 Å². The van der Waals surface area contributed by atoms with Gasteiger partial charge >= 0.3 is 5.88 Å². The van der Waals surface area contributed by atoms with Gasteiger partial charge in [0.1, 0.15) is 23.5 Å². The zero-order valence-corrected chi connectivity index (χ0v) is 21.5. The number of aromatic nitrogens is 3. The first kappa shape index (κ1) is 25.9. The summed E-state index contributed by atoms with van der Waals surface area (Å²) in [5.74, 6) is 0.369. The molecule has 9 nitrogen and oxygen atoms in total. The van der Waals surface area contributed by atoms with E-state index in [9.17, 15) is 10.4 Å². The van der Waals surface area contributed by atoms with Gasteiger partial charge in [-0.25, -0.2) is 9.98 Å². The SMILES string of the molecule is COCC[n+]1cc(/N=C(/[O-])CSc2nc(-c3ccc(OC)cc3)cc(-c3ccc(C)cc3)c2C#N)on1. The van der Waals surface area contributed by atoms with Crippen LogP contribution >= 0.6 is 11.8 Å². The summed E-state index contributed by atoms with van der Waals surface area (Å²) >= 11 is 1.16. The van der Waals surface area contributed by atoms with E-state index in [0.29, 0.717) is 29.4 Å². The molecule has 2 aromatic carbocycles. The first-order valence-corrected chi connectivity index (χ1v) is 12.4. The highest BCUT2D eigenvalue weighted by molar-refractivity contribution is 8.00. The molecule has 0 aliphatic rings. The van der Waals surface area contributed by atoms with Crippen LogP contribution in [0.25, 0.3) is 22.4 Å². The third kappa shape index (κ3) is 6.52. The Morgan fingerprint density at radius 1 is 1.14 bits per heavy atom. The van der Waals surface area contributed by atoms with Crippen LogP contribution in [0.4, 0.5) is 5.88 Å². The molecule has 4 rings (SSSR count). The zero-order chi connectivity index (χ0) is 26.2. The number of aliphatic imine (C=N–C) groups is 1. The van der Waals surface area contributed by atoms with E-state index in [4.69, 9.17) is 19.0 Å². The number of rotatable bonds is 10. The fraction of sp³-hybridized carbons (Fsp3) is 0.222. The summed E-state index contributed by atoms with van der Waals surface area (Å²) in [5, 5.41) is 26.9. The minimum absolute atomic E-state index is 0.0279. The third-order valence-corrected chi connectivity index (χ3v) is 6.40. The van der Waals surface area contributed by atoms with Crippen molar-refractivity contribution in [1.82, 2.24) is 10.3 Å². The van der Waals surface area contributed by atoms with Gasteiger partial charge in [0, 0.05) is 24.0 Å². The summed E-state index contributed by atoms with van der Waals surface area (Å²) in [6.07, 6.45) is 1.53. The lowest BCUT2D eigenvalue weighted by Gasteiger charge is -2.14. The Labute approximate surface area is 219 Å². The Hall–Kier alpha value is -4.20. The molecule has 0 bridgehead atoms. The summed E-state index contributed by atoms with van der Waals surface area (Å²) in [5.41, 5.74) is 4.68. The average molecular weight is 516 g/mol. The van der Waals surface area contributed by atoms with Crippen LogP contribution < -0.4 is 14.5 Å². The average Bonchev–Trinajstić information content (AvgIpc) is 3.37. The maximum absolute atomic E-state index is 12.6. The van der Waals surface area contributed by atoms with Gasteiger partial charge in [-0.15, -0.1) is 0 Å². The van der Waals surface area contributed by atoms with Crippen molar-refractivity contribution in [3.05, 3.63) is 71.9 Å². The highest BCUT2D eigenvalue weighted by atomic mass is 32.2. The Kier molecular flexibility index (Phi) is 8.51. The van der Waals surface area contributed by atoms with E-state index < -0.39 is 5.90 Å². The Bertz CT molecular complexity index is 1430. The van der Waals surface area contributed by atoms with Crippen molar-refractivity contribution in [2.24, 2.45) is 4.99 Å². The highest BCUT2D eigenvalue weighted by Gasteiger charge is 2.16. The second kappa shape index (κ2) is 12.2. The number of nitrogens with zero attached hydrogens (tertiary/aromatic N) is 5. The van der Waals surface area contributed by atoms with Crippen LogP contribution in [0, 0.1) is 18.3 Å². The van der Waals surface area contributed by atoms with E-state index in [2.05, 4.69) is 16.3 Å². The third-order valence-electron chi connectivity index (χ3n) is 5.44. The van der Waals surface area contributed by atoms with Crippen molar-refractivity contribution >= 4 is 23.5 Å². The fourth-order valence-corrected chi connectivity index (χ4v) is 4.29. The highest BCUT2D eigenvalue weighted by Crippen LogP contribution is 2.34. The molecule has 0 amide bonds. The molecule has 0 spiro atoms. The molecule has 2 aromatic heterocycles. The van der Waals surface area contributed by atoms with Crippen LogP contribution in [-0.2, 0) is 11.3 Å². The van der Waals surface area contributed by atoms with Gasteiger partial charge in [-0.1, -0.05) is 41.6 Å². The lowest BCUT2D eigenvalue weighted by Crippen LogP contribution is -2.36. The van der Waals surface area contributed by atoms with Crippen molar-refractivity contribution in [3.63, 3.8) is 0 Å². The summed E-state index contributed by atoms with van der Waals surface area (Å²) in [6, 6.07) is 19.6. The molecule has 0 saturated carbocycles. The lowest BCUT2D eigenvalue weighted by atomic mass is 9.98. The summed E-state index contributed by atoms with van der Waals surface area (Å²) < 4.78 is 16.9. The second-order valence-electron chi connectivity index (χ2n) is 8.03. The summed E-state index contributed by atoms with van der Waals surface area (Å²) in [4.78, 5) is 8.71. The monoisotopic (exact) mass is 515 g/mol. The van der Waals surface area contributed by atoms with Gasteiger partial charge in [-0.3, -0.25) is 4.52 Å². The number of aryl methyl sites for hydroxylation is 1. The quantitative estimate of drug-likeness (QED) is 0.136. The molecule has 2 heterocycles. The molecule has 0 fully saturated rings. The molecule has 4 aromatic rings. The number of hydrogen-bond donors (Lipinski definition) is 0. The van der Waals surface area contributed by atoms with E-state index in [-0.39, 0.29) is 11.6 Å². The van der Waals surface area contributed by atoms with Gasteiger partial charge in [0.25, 0.3) is 6.20 Å². The van der Waals surface area contributed by atoms with Crippen LogP contribution in [0.2, 0.25) is 0 Å². The first-order valence-electron chi connectivity index (χ1n) is 11.4. The lowest BCUT2D eigenvalue weighted by molar-refractivity contribution is -0.763. The van der Waals surface area contributed by atoms with Crippen molar-refractivity contribution in [1.29, 1.82) is 5.26 Å². The molecule has 0 unspecified atom stereocenters. The van der Waals surface area contributed by atoms with Crippen molar-refractivity contribution < 1.29 is 23.8 Å². The normalized spacial score (nSPS) is 11.4. The van der Waals surface area contributed by atoms with Crippen LogP contribution in [0.15, 0.2) is 75.3 Å². The molecule has 0 aliphatic carbocycles. The van der Waals surface area contributed by atoms with E-state index in [1.54, 1.807) is 14.2 Å². The minimum atomic E-state index is -0.433. The van der Waals surface area contributed by atoms with Gasteiger partial charge in [-0.2, -0.15) is 5.26 Å². The molecule has 188 valence electrons. The Balaban J connectivity index is 1.67. The molecule has 0 radical (unpaired) electrons. The number of benzene rings is 2. The zero-order valence-electron chi connectivity index (χ0n) is 20.7. The molecule has 10 heteroatoms. The largest absolute Gasteiger partial charge is 0.861 e. The van der Waals surface area contributed by atoms with Gasteiger partial charge in [0.2, 0.25) is 11.8 Å². The Morgan fingerprint density at radius 3 is 2.54 bits per heavy atom. The summed E-state index contributed by atoms with van der Waals surface area (Å²) in [7, 11) is 3.20. The van der Waals surface area contributed by atoms with Crippen LogP contribution in [0.3, 0.4) is 0 Å². The molecule has 0 saturated heterocycles. The Morgan fingerprint density at radius 2 is 1.86 bits per heavy atom. The van der Waals surface area contributed by atoms with E-state index >= 15 is 0 Å². The second-order valence-corrected chi connectivity index (χ2v) is 9.00. The molecular formula is C27H25N5O4S. The maximum atomic E-state index is 12.6. The number of thioether (sulfide) groups is 1. The van der Waals surface area contributed by atoms with E-state index in [1.807, 2.05) is 61.5 Å². The molecule has 37 heavy (non-hydrogen) atoms. The first-order chi connectivity index (χ1) is 18.0. The van der Waals surface area contributed by atoms with Crippen molar-refractivity contribution in [2.45, 2.75) is 18.5 Å². The van der Waals surface area contributed by atoms with Gasteiger partial charge < -0.3 is 14.6 Å². The predicted molar refractivity (Wildman–Crippen MR) is 138 cm³/mol. The standard InChI is InChI=1S/C27H25N5O4S/c1-18-4-6-19(7-5-18)22-14-24(20-8-10-21(35-3)11-9-20)29-27(23(22)15-28)37-17-25(33)30-26-16-32(31-36-26)12-13-34-2/h4-11,14,16H,12-13,17H2,1-3H3. The number of pyridine rings is 1. The van der Waals surface area contributed by atoms with E-state index in [0.717, 1.165) is 39.8 Å². The van der Waals surface area contributed by atoms with Crippen LogP contribution in [0.1, 0.15) is 11.1 Å². The summed E-state index contributed by atoms with van der Waals surface area (Å²) in [6.45, 7) is 2.94. The van der Waals surface area contributed by atoms with Gasteiger partial charge in [0.05, 0.1) is 18.4 Å². The van der Waals surface area contributed by atoms with Crippen LogP contribution in [0.5, 0.6) is 5.75 Å². The van der Waals surface area contributed by atoms with Crippen molar-refractivity contribution in [3.8, 4) is 34.2 Å². The maximum Gasteiger partial charge on any atom is 0.320 e. The smallest absolute Gasteiger partial charge is 0.320 e. The molecular weight excluding hydrogens is 490 g/mol. The number of methoxy groups -OCH3 is 2. The fourth-order valence-electron chi connectivity index (χ4n) is 3.50. The minimum Gasteiger partial charge on any atom is -0.861 e.